The summed E-state index contributed by atoms with van der Waals surface area (Å²) in [6.45, 7) is 0.224. The summed E-state index contributed by atoms with van der Waals surface area (Å²) in [6.07, 6.45) is -0.708. The van der Waals surface area contributed by atoms with Crippen LogP contribution in [0.3, 0.4) is 0 Å². The van der Waals surface area contributed by atoms with Crippen LogP contribution >= 0.6 is 0 Å². The number of esters is 1. The lowest BCUT2D eigenvalue weighted by Crippen LogP contribution is -2.41. The molecule has 18 heavy (non-hydrogen) atoms. The van der Waals surface area contributed by atoms with Crippen LogP contribution in [0.2, 0.25) is 0 Å². The van der Waals surface area contributed by atoms with E-state index in [9.17, 15) is 14.4 Å². The molecule has 104 valence electrons. The Morgan fingerprint density at radius 2 is 1.89 bits per heavy atom. The van der Waals surface area contributed by atoms with Crippen LogP contribution in [0.4, 0.5) is 4.79 Å². The Morgan fingerprint density at radius 3 is 2.39 bits per heavy atom. The van der Waals surface area contributed by atoms with Crippen molar-refractivity contribution in [2.45, 2.75) is 18.9 Å². The number of ether oxygens (including phenoxy) is 2. The molecule has 1 atom stereocenters. The maximum Gasteiger partial charge on any atom is 0.314 e. The number of urea groups is 1. The smallest absolute Gasteiger partial charge is 0.314 e. The lowest BCUT2D eigenvalue weighted by Gasteiger charge is -2.14. The molecular formula is C10H18N2O6. The van der Waals surface area contributed by atoms with E-state index in [-0.39, 0.29) is 25.9 Å². The minimum absolute atomic E-state index is 0.0761. The van der Waals surface area contributed by atoms with E-state index in [0.717, 1.165) is 0 Å². The van der Waals surface area contributed by atoms with Gasteiger partial charge in [0.25, 0.3) is 0 Å². The Kier molecular flexibility index (Phi) is 8.29. The van der Waals surface area contributed by atoms with Gasteiger partial charge in [-0.15, -0.1) is 0 Å². The van der Waals surface area contributed by atoms with Gasteiger partial charge in [-0.1, -0.05) is 0 Å². The van der Waals surface area contributed by atoms with E-state index in [1.807, 2.05) is 0 Å². The molecule has 8 heteroatoms. The third-order valence-electron chi connectivity index (χ3n) is 2.07. The molecule has 0 aliphatic heterocycles. The predicted octanol–water partition coefficient (Wildman–Crippen LogP) is -0.662. The van der Waals surface area contributed by atoms with Crippen molar-refractivity contribution in [1.82, 2.24) is 10.6 Å². The first-order valence-corrected chi connectivity index (χ1v) is 5.32. The first-order chi connectivity index (χ1) is 8.49. The van der Waals surface area contributed by atoms with E-state index in [1.54, 1.807) is 0 Å². The normalized spacial score (nSPS) is 11.4. The highest BCUT2D eigenvalue weighted by Gasteiger charge is 2.13. The van der Waals surface area contributed by atoms with Gasteiger partial charge in [0.1, 0.15) is 0 Å². The van der Waals surface area contributed by atoms with Crippen molar-refractivity contribution in [3.8, 4) is 0 Å². The Labute approximate surface area is 105 Å². The van der Waals surface area contributed by atoms with Gasteiger partial charge in [-0.2, -0.15) is 0 Å². The number of hydrogen-bond acceptors (Lipinski definition) is 5. The Hall–Kier alpha value is -1.83. The maximum absolute atomic E-state index is 11.2. The fourth-order valence-electron chi connectivity index (χ4n) is 1.08. The Balaban J connectivity index is 3.74. The molecule has 3 N–H and O–H groups in total. The summed E-state index contributed by atoms with van der Waals surface area (Å²) in [5.41, 5.74) is 0. The quantitative estimate of drug-likeness (QED) is 0.500. The third kappa shape index (κ3) is 8.34. The largest absolute Gasteiger partial charge is 0.481 e. The second kappa shape index (κ2) is 9.23. The van der Waals surface area contributed by atoms with Crippen molar-refractivity contribution in [3.05, 3.63) is 0 Å². The zero-order valence-corrected chi connectivity index (χ0v) is 10.4. The van der Waals surface area contributed by atoms with E-state index in [2.05, 4.69) is 15.4 Å². The molecule has 0 aliphatic rings. The molecule has 0 saturated carbocycles. The molecule has 0 fully saturated rings. The second-order valence-corrected chi connectivity index (χ2v) is 3.42. The van der Waals surface area contributed by atoms with Crippen LogP contribution in [-0.4, -0.2) is 56.5 Å². The monoisotopic (exact) mass is 262 g/mol. The van der Waals surface area contributed by atoms with Gasteiger partial charge in [-0.3, -0.25) is 9.59 Å². The van der Waals surface area contributed by atoms with E-state index < -0.39 is 24.1 Å². The molecule has 0 aromatic heterocycles. The van der Waals surface area contributed by atoms with Crippen molar-refractivity contribution < 1.29 is 29.0 Å². The SMILES string of the molecule is COC(=O)CCNC(=O)NCC(CC(=O)O)OC. The number of carbonyl (C=O) groups excluding carboxylic acids is 2. The summed E-state index contributed by atoms with van der Waals surface area (Å²) >= 11 is 0. The highest BCUT2D eigenvalue weighted by molar-refractivity contribution is 5.75. The first kappa shape index (κ1) is 16.2. The van der Waals surface area contributed by atoms with Crippen LogP contribution in [-0.2, 0) is 19.1 Å². The molecule has 0 bridgehead atoms. The van der Waals surface area contributed by atoms with Crippen molar-refractivity contribution in [1.29, 1.82) is 0 Å². The molecule has 0 heterocycles. The molecule has 0 aromatic carbocycles. The molecule has 0 aromatic rings. The highest BCUT2D eigenvalue weighted by atomic mass is 16.5. The Bertz CT molecular complexity index is 294. The average molecular weight is 262 g/mol. The lowest BCUT2D eigenvalue weighted by atomic mass is 10.2. The average Bonchev–Trinajstić information content (AvgIpc) is 2.33. The van der Waals surface area contributed by atoms with E-state index >= 15 is 0 Å². The number of aliphatic carboxylic acids is 1. The summed E-state index contributed by atoms with van der Waals surface area (Å²) in [6, 6.07) is -0.494. The molecule has 2 amide bonds. The van der Waals surface area contributed by atoms with E-state index in [4.69, 9.17) is 9.84 Å². The van der Waals surface area contributed by atoms with Crippen molar-refractivity contribution in [3.63, 3.8) is 0 Å². The second-order valence-electron chi connectivity index (χ2n) is 3.42. The third-order valence-corrected chi connectivity index (χ3v) is 2.07. The van der Waals surface area contributed by atoms with Gasteiger partial charge >= 0.3 is 18.0 Å². The number of methoxy groups -OCH3 is 2. The van der Waals surface area contributed by atoms with Crippen LogP contribution in [0, 0.1) is 0 Å². The molecule has 0 rings (SSSR count). The molecule has 0 radical (unpaired) electrons. The summed E-state index contributed by atoms with van der Waals surface area (Å²) in [4.78, 5) is 32.4. The molecule has 0 saturated heterocycles. The molecule has 1 unspecified atom stereocenters. The van der Waals surface area contributed by atoms with E-state index in [0.29, 0.717) is 0 Å². The first-order valence-electron chi connectivity index (χ1n) is 5.32. The standard InChI is InChI=1S/C10H18N2O6/c1-17-7(5-8(13)14)6-12-10(16)11-4-3-9(15)18-2/h7H,3-6H2,1-2H3,(H,13,14)(H2,11,12,16). The van der Waals surface area contributed by atoms with Gasteiger partial charge in [0.2, 0.25) is 0 Å². The number of carbonyl (C=O) groups is 3. The van der Waals surface area contributed by atoms with Crippen molar-refractivity contribution in [2.75, 3.05) is 27.3 Å². The fourth-order valence-corrected chi connectivity index (χ4v) is 1.08. The summed E-state index contributed by atoms with van der Waals surface area (Å²) in [5, 5.41) is 13.4. The van der Waals surface area contributed by atoms with Crippen LogP contribution in [0.5, 0.6) is 0 Å². The van der Waals surface area contributed by atoms with Crippen molar-refractivity contribution >= 4 is 18.0 Å². The molecule has 0 spiro atoms. The van der Waals surface area contributed by atoms with Gasteiger partial charge in [0.05, 0.1) is 26.1 Å². The predicted molar refractivity (Wildman–Crippen MR) is 61.1 cm³/mol. The summed E-state index contributed by atoms with van der Waals surface area (Å²) < 4.78 is 9.27. The van der Waals surface area contributed by atoms with E-state index in [1.165, 1.54) is 14.2 Å². The molecule has 8 nitrogen and oxygen atoms in total. The van der Waals surface area contributed by atoms with Gasteiger partial charge in [0.15, 0.2) is 0 Å². The highest BCUT2D eigenvalue weighted by Crippen LogP contribution is 1.95. The number of carboxylic acids is 1. The molecule has 0 aliphatic carbocycles. The zero-order chi connectivity index (χ0) is 14.0. The topological polar surface area (TPSA) is 114 Å². The minimum Gasteiger partial charge on any atom is -0.481 e. The Morgan fingerprint density at radius 1 is 1.22 bits per heavy atom. The maximum atomic E-state index is 11.2. The van der Waals surface area contributed by atoms with Crippen LogP contribution in [0.25, 0.3) is 0 Å². The number of carboxylic acid groups (broad SMARTS) is 1. The van der Waals surface area contributed by atoms with Crippen molar-refractivity contribution in [2.24, 2.45) is 0 Å². The van der Waals surface area contributed by atoms with Gasteiger partial charge in [-0.05, 0) is 0 Å². The number of hydrogen-bond donors (Lipinski definition) is 3. The fraction of sp³-hybridized carbons (Fsp3) is 0.700. The van der Waals surface area contributed by atoms with Gasteiger partial charge < -0.3 is 25.2 Å². The van der Waals surface area contributed by atoms with Crippen LogP contribution in [0.1, 0.15) is 12.8 Å². The van der Waals surface area contributed by atoms with Crippen LogP contribution < -0.4 is 10.6 Å². The minimum atomic E-state index is -1.00. The number of nitrogens with one attached hydrogen (secondary N) is 2. The van der Waals surface area contributed by atoms with Gasteiger partial charge in [-0.25, -0.2) is 4.79 Å². The van der Waals surface area contributed by atoms with Crippen LogP contribution in [0.15, 0.2) is 0 Å². The molecular weight excluding hydrogens is 244 g/mol. The van der Waals surface area contributed by atoms with Gasteiger partial charge in [0, 0.05) is 20.2 Å². The number of amides is 2. The summed E-state index contributed by atoms with van der Waals surface area (Å²) in [7, 11) is 2.63. The number of rotatable bonds is 8. The lowest BCUT2D eigenvalue weighted by molar-refractivity contribution is -0.141. The zero-order valence-electron chi connectivity index (χ0n) is 10.4. The summed E-state index contributed by atoms with van der Waals surface area (Å²) in [5.74, 6) is -1.43.